The number of hydrogen-bond acceptors (Lipinski definition) is 3. The summed E-state index contributed by atoms with van der Waals surface area (Å²) in [6.45, 7) is 3.48. The number of benzene rings is 1. The number of nitrogens with one attached hydrogen (secondary N) is 1. The van der Waals surface area contributed by atoms with Crippen molar-refractivity contribution in [3.8, 4) is 5.75 Å². The predicted molar refractivity (Wildman–Crippen MR) is 69.2 cm³/mol. The van der Waals surface area contributed by atoms with E-state index in [9.17, 15) is 0 Å². The topological polar surface area (TPSA) is 34.1 Å². The Hall–Kier alpha value is -2.03. The maximum absolute atomic E-state index is 5.63. The fraction of sp³-hybridized carbons (Fsp3) is 0.214. The van der Waals surface area contributed by atoms with E-state index in [2.05, 4.69) is 10.3 Å². The van der Waals surface area contributed by atoms with Crippen molar-refractivity contribution in [2.24, 2.45) is 0 Å². The van der Waals surface area contributed by atoms with Crippen LogP contribution in [0.25, 0.3) is 0 Å². The zero-order valence-electron chi connectivity index (χ0n) is 9.89. The highest BCUT2D eigenvalue weighted by Crippen LogP contribution is 2.12. The molecule has 0 atom stereocenters. The lowest BCUT2D eigenvalue weighted by Crippen LogP contribution is -2.00. The summed E-state index contributed by atoms with van der Waals surface area (Å²) in [7, 11) is 0. The molecule has 88 valence electrons. The average Bonchev–Trinajstić information content (AvgIpc) is 2.40. The van der Waals surface area contributed by atoms with Gasteiger partial charge in [0.1, 0.15) is 18.2 Å². The summed E-state index contributed by atoms with van der Waals surface area (Å²) in [4.78, 5) is 4.29. The molecule has 2 aromatic rings. The molecule has 0 saturated heterocycles. The normalized spacial score (nSPS) is 9.94. The molecule has 0 aliphatic rings. The smallest absolute Gasteiger partial charge is 0.125 e. The zero-order valence-corrected chi connectivity index (χ0v) is 9.89. The molecule has 0 bridgehead atoms. The fourth-order valence-electron chi connectivity index (χ4n) is 1.48. The zero-order chi connectivity index (χ0) is 11.9. The molecule has 1 aromatic carbocycles. The molecule has 0 spiro atoms. The van der Waals surface area contributed by atoms with E-state index in [0.29, 0.717) is 6.61 Å². The molecule has 2 rings (SSSR count). The Kier molecular flexibility index (Phi) is 3.97. The van der Waals surface area contributed by atoms with Crippen LogP contribution in [0, 0.1) is 0 Å². The first-order valence-corrected chi connectivity index (χ1v) is 5.75. The van der Waals surface area contributed by atoms with Gasteiger partial charge in [-0.25, -0.2) is 4.98 Å². The predicted octanol–water partition coefficient (Wildman–Crippen LogP) is 3.09. The van der Waals surface area contributed by atoms with Gasteiger partial charge < -0.3 is 10.1 Å². The molecule has 0 amide bonds. The summed E-state index contributed by atoms with van der Waals surface area (Å²) in [5, 5.41) is 3.16. The minimum atomic E-state index is 0.545. The van der Waals surface area contributed by atoms with Gasteiger partial charge in [0.25, 0.3) is 0 Å². The van der Waals surface area contributed by atoms with Crippen LogP contribution in [0.1, 0.15) is 12.5 Å². The second kappa shape index (κ2) is 5.89. The minimum Gasteiger partial charge on any atom is -0.489 e. The van der Waals surface area contributed by atoms with Gasteiger partial charge in [0.15, 0.2) is 0 Å². The van der Waals surface area contributed by atoms with Crippen molar-refractivity contribution in [2.45, 2.75) is 13.5 Å². The van der Waals surface area contributed by atoms with Crippen molar-refractivity contribution in [3.63, 3.8) is 0 Å². The van der Waals surface area contributed by atoms with Crippen LogP contribution in [0.3, 0.4) is 0 Å². The van der Waals surface area contributed by atoms with Gasteiger partial charge in [-0.2, -0.15) is 0 Å². The highest BCUT2D eigenvalue weighted by molar-refractivity contribution is 5.35. The van der Waals surface area contributed by atoms with Crippen molar-refractivity contribution in [2.75, 3.05) is 11.9 Å². The minimum absolute atomic E-state index is 0.545. The van der Waals surface area contributed by atoms with E-state index >= 15 is 0 Å². The number of nitrogens with zero attached hydrogens (tertiary/aromatic N) is 1. The lowest BCUT2D eigenvalue weighted by Gasteiger charge is -2.06. The molecule has 3 heteroatoms. The van der Waals surface area contributed by atoms with Crippen LogP contribution in [0.15, 0.2) is 48.7 Å². The van der Waals surface area contributed by atoms with Crippen LogP contribution in [0.5, 0.6) is 5.75 Å². The third-order valence-electron chi connectivity index (χ3n) is 2.33. The van der Waals surface area contributed by atoms with Gasteiger partial charge in [-0.3, -0.25) is 0 Å². The molecule has 0 fully saturated rings. The van der Waals surface area contributed by atoms with Crippen LogP contribution in [-0.2, 0) is 6.61 Å². The van der Waals surface area contributed by atoms with E-state index in [1.807, 2.05) is 55.6 Å². The molecule has 0 unspecified atom stereocenters. The first-order chi connectivity index (χ1) is 8.38. The van der Waals surface area contributed by atoms with E-state index in [1.54, 1.807) is 0 Å². The molecular formula is C14H16N2O. The monoisotopic (exact) mass is 228 g/mol. The maximum atomic E-state index is 5.63. The Bertz CT molecular complexity index is 440. The summed E-state index contributed by atoms with van der Waals surface area (Å²) in [5.41, 5.74) is 1.07. The quantitative estimate of drug-likeness (QED) is 0.853. The summed E-state index contributed by atoms with van der Waals surface area (Å²) in [6, 6.07) is 13.8. The number of aromatic nitrogens is 1. The Morgan fingerprint density at radius 3 is 2.59 bits per heavy atom. The Morgan fingerprint density at radius 1 is 1.12 bits per heavy atom. The number of ether oxygens (including phenoxy) is 1. The van der Waals surface area contributed by atoms with Crippen molar-refractivity contribution in [1.82, 2.24) is 4.98 Å². The number of hydrogen-bond donors (Lipinski definition) is 1. The van der Waals surface area contributed by atoms with Gasteiger partial charge in [-0.15, -0.1) is 0 Å². The van der Waals surface area contributed by atoms with E-state index < -0.39 is 0 Å². The lowest BCUT2D eigenvalue weighted by molar-refractivity contribution is 0.306. The molecule has 1 heterocycles. The second-order valence-corrected chi connectivity index (χ2v) is 3.68. The molecule has 3 nitrogen and oxygen atoms in total. The maximum Gasteiger partial charge on any atom is 0.125 e. The number of pyridine rings is 1. The molecule has 0 aliphatic heterocycles. The SMILES string of the molecule is CCNc1ccc(COc2ccccc2)cn1. The van der Waals surface area contributed by atoms with Crippen LogP contribution in [0.4, 0.5) is 5.82 Å². The molecular weight excluding hydrogens is 212 g/mol. The lowest BCUT2D eigenvalue weighted by atomic mass is 10.3. The first-order valence-electron chi connectivity index (χ1n) is 5.75. The highest BCUT2D eigenvalue weighted by Gasteiger charge is 1.96. The Morgan fingerprint density at radius 2 is 1.94 bits per heavy atom. The summed E-state index contributed by atoms with van der Waals surface area (Å²) in [5.74, 6) is 1.78. The summed E-state index contributed by atoms with van der Waals surface area (Å²) < 4.78 is 5.63. The van der Waals surface area contributed by atoms with Gasteiger partial charge >= 0.3 is 0 Å². The van der Waals surface area contributed by atoms with Gasteiger partial charge in [0.05, 0.1) is 0 Å². The number of para-hydroxylation sites is 1. The van der Waals surface area contributed by atoms with Crippen LogP contribution in [0.2, 0.25) is 0 Å². The van der Waals surface area contributed by atoms with Crippen LogP contribution < -0.4 is 10.1 Å². The van der Waals surface area contributed by atoms with Gasteiger partial charge in [0, 0.05) is 18.3 Å². The standard InChI is InChI=1S/C14H16N2O/c1-2-15-14-9-8-12(10-16-14)11-17-13-6-4-3-5-7-13/h3-10H,2,11H2,1H3,(H,15,16). The average molecular weight is 228 g/mol. The third kappa shape index (κ3) is 3.48. The Labute approximate surface area is 101 Å². The molecule has 1 N–H and O–H groups in total. The van der Waals surface area contributed by atoms with Crippen molar-refractivity contribution in [3.05, 3.63) is 54.2 Å². The van der Waals surface area contributed by atoms with E-state index in [0.717, 1.165) is 23.7 Å². The van der Waals surface area contributed by atoms with Crippen LogP contribution >= 0.6 is 0 Å². The number of rotatable bonds is 5. The molecule has 0 aliphatic carbocycles. The summed E-state index contributed by atoms with van der Waals surface area (Å²) >= 11 is 0. The Balaban J connectivity index is 1.91. The van der Waals surface area contributed by atoms with Gasteiger partial charge in [-0.05, 0) is 25.1 Å². The van der Waals surface area contributed by atoms with Crippen molar-refractivity contribution < 1.29 is 4.74 Å². The molecule has 17 heavy (non-hydrogen) atoms. The third-order valence-corrected chi connectivity index (χ3v) is 2.33. The van der Waals surface area contributed by atoms with Crippen LogP contribution in [-0.4, -0.2) is 11.5 Å². The van der Waals surface area contributed by atoms with Gasteiger partial charge in [-0.1, -0.05) is 24.3 Å². The highest BCUT2D eigenvalue weighted by atomic mass is 16.5. The second-order valence-electron chi connectivity index (χ2n) is 3.68. The van der Waals surface area contributed by atoms with E-state index in [1.165, 1.54) is 0 Å². The molecule has 0 radical (unpaired) electrons. The fourth-order valence-corrected chi connectivity index (χ4v) is 1.48. The summed E-state index contributed by atoms with van der Waals surface area (Å²) in [6.07, 6.45) is 1.83. The van der Waals surface area contributed by atoms with Gasteiger partial charge in [0.2, 0.25) is 0 Å². The van der Waals surface area contributed by atoms with Crippen molar-refractivity contribution >= 4 is 5.82 Å². The van der Waals surface area contributed by atoms with E-state index in [-0.39, 0.29) is 0 Å². The largest absolute Gasteiger partial charge is 0.489 e. The first kappa shape index (κ1) is 11.5. The van der Waals surface area contributed by atoms with Crippen molar-refractivity contribution in [1.29, 1.82) is 0 Å². The molecule has 1 aromatic heterocycles. The number of anilines is 1. The van der Waals surface area contributed by atoms with E-state index in [4.69, 9.17) is 4.74 Å². The molecule has 0 saturated carbocycles.